The molecule has 1 heterocycles. The molecule has 0 fully saturated rings. The van der Waals surface area contributed by atoms with Gasteiger partial charge in [0.2, 0.25) is 11.1 Å². The van der Waals surface area contributed by atoms with Crippen LogP contribution in [0.15, 0.2) is 41.6 Å². The van der Waals surface area contributed by atoms with Gasteiger partial charge in [-0.15, -0.1) is 10.2 Å². The molecule has 0 aliphatic rings. The number of halogens is 2. The lowest BCUT2D eigenvalue weighted by Gasteiger charge is -2.10. The number of rotatable bonds is 5. The van der Waals surface area contributed by atoms with E-state index < -0.39 is 11.9 Å². The van der Waals surface area contributed by atoms with Crippen LogP contribution >= 0.6 is 35.0 Å². The van der Waals surface area contributed by atoms with Crippen LogP contribution in [0.4, 0.5) is 10.5 Å². The average Bonchev–Trinajstić information content (AvgIpc) is 3.04. The molecule has 0 radical (unpaired) electrons. The third-order valence-electron chi connectivity index (χ3n) is 4.27. The summed E-state index contributed by atoms with van der Waals surface area (Å²) in [6, 6.07) is 9.83. The molecule has 0 spiro atoms. The highest BCUT2D eigenvalue weighted by molar-refractivity contribution is 7.99. The minimum atomic E-state index is -0.614. The van der Waals surface area contributed by atoms with Crippen LogP contribution in [0.5, 0.6) is 0 Å². The monoisotopic (exact) mass is 464 g/mol. The summed E-state index contributed by atoms with van der Waals surface area (Å²) < 4.78 is 1.23. The summed E-state index contributed by atoms with van der Waals surface area (Å²) in [4.78, 5) is 24.2. The minimum Gasteiger partial charge on any atom is -0.335 e. The van der Waals surface area contributed by atoms with E-state index in [0.29, 0.717) is 32.3 Å². The van der Waals surface area contributed by atoms with E-state index in [0.717, 1.165) is 22.9 Å². The molecule has 0 saturated heterocycles. The smallest absolute Gasteiger partial charge is 0.325 e. The van der Waals surface area contributed by atoms with Gasteiger partial charge in [-0.25, -0.2) is 9.47 Å². The molecule has 1 aromatic heterocycles. The first-order chi connectivity index (χ1) is 14.3. The van der Waals surface area contributed by atoms with E-state index in [-0.39, 0.29) is 5.75 Å². The first-order valence-electron chi connectivity index (χ1n) is 8.72. The summed E-state index contributed by atoms with van der Waals surface area (Å²) >= 11 is 13.1. The number of nitrogens with zero attached hydrogens (tertiary/aromatic N) is 3. The molecule has 11 heteroatoms. The number of hydrogen-bond acceptors (Lipinski definition) is 6. The van der Waals surface area contributed by atoms with Gasteiger partial charge in [0.15, 0.2) is 5.82 Å². The number of amides is 3. The highest BCUT2D eigenvalue weighted by Gasteiger charge is 2.17. The fourth-order valence-electron chi connectivity index (χ4n) is 2.56. The van der Waals surface area contributed by atoms with Gasteiger partial charge in [0.05, 0.1) is 10.8 Å². The fraction of sp³-hybridized carbons (Fsp3) is 0.158. The number of imide groups is 1. The van der Waals surface area contributed by atoms with E-state index in [2.05, 4.69) is 20.8 Å². The maximum Gasteiger partial charge on any atom is 0.325 e. The molecule has 3 rings (SSSR count). The Balaban J connectivity index is 1.59. The topological polar surface area (TPSA) is 115 Å². The molecule has 3 aromatic rings. The van der Waals surface area contributed by atoms with Gasteiger partial charge in [0, 0.05) is 16.3 Å². The Hall–Kier alpha value is -2.75. The first kappa shape index (κ1) is 21.9. The molecule has 0 aliphatic carbocycles. The lowest BCUT2D eigenvalue weighted by molar-refractivity contribution is -0.117. The van der Waals surface area contributed by atoms with Crippen molar-refractivity contribution in [1.82, 2.24) is 20.2 Å². The van der Waals surface area contributed by atoms with E-state index >= 15 is 0 Å². The SMILES string of the molecule is Cc1cccc(NC(=O)NC(=O)CSc2nnc(-c3ccc(Cl)cc3Cl)n2N)c1C. The highest BCUT2D eigenvalue weighted by Crippen LogP contribution is 2.30. The second kappa shape index (κ2) is 9.38. The van der Waals surface area contributed by atoms with Crippen molar-refractivity contribution >= 4 is 52.6 Å². The molecular weight excluding hydrogens is 447 g/mol. The molecule has 0 bridgehead atoms. The number of benzene rings is 2. The van der Waals surface area contributed by atoms with Gasteiger partial charge in [0.25, 0.3) is 0 Å². The molecule has 8 nitrogen and oxygen atoms in total. The zero-order valence-corrected chi connectivity index (χ0v) is 18.4. The van der Waals surface area contributed by atoms with Crippen LogP contribution in [0.1, 0.15) is 11.1 Å². The number of thioether (sulfide) groups is 1. The van der Waals surface area contributed by atoms with Crippen molar-refractivity contribution in [1.29, 1.82) is 0 Å². The Morgan fingerprint density at radius 1 is 1.17 bits per heavy atom. The largest absolute Gasteiger partial charge is 0.335 e. The van der Waals surface area contributed by atoms with Crippen LogP contribution in [0, 0.1) is 13.8 Å². The Morgan fingerprint density at radius 2 is 1.93 bits per heavy atom. The van der Waals surface area contributed by atoms with Crippen LogP contribution in [-0.4, -0.2) is 32.6 Å². The number of carbonyl (C=O) groups excluding carboxylic acids is 2. The summed E-state index contributed by atoms with van der Waals surface area (Å²) in [6.07, 6.45) is 0. The molecule has 0 saturated carbocycles. The van der Waals surface area contributed by atoms with Crippen LogP contribution in [-0.2, 0) is 4.79 Å². The molecular formula is C19H18Cl2N6O2S. The van der Waals surface area contributed by atoms with Crippen molar-refractivity contribution < 1.29 is 9.59 Å². The molecule has 156 valence electrons. The Labute approximate surface area is 187 Å². The number of hydrogen-bond donors (Lipinski definition) is 3. The van der Waals surface area contributed by atoms with Crippen LogP contribution < -0.4 is 16.5 Å². The van der Waals surface area contributed by atoms with Gasteiger partial charge in [-0.3, -0.25) is 10.1 Å². The van der Waals surface area contributed by atoms with E-state index in [1.165, 1.54) is 4.68 Å². The quantitative estimate of drug-likeness (QED) is 0.387. The molecule has 0 atom stereocenters. The van der Waals surface area contributed by atoms with Crippen molar-refractivity contribution in [3.63, 3.8) is 0 Å². The van der Waals surface area contributed by atoms with Gasteiger partial charge < -0.3 is 11.2 Å². The molecule has 4 N–H and O–H groups in total. The van der Waals surface area contributed by atoms with Gasteiger partial charge in [-0.2, -0.15) is 0 Å². The highest BCUT2D eigenvalue weighted by atomic mass is 35.5. The lowest BCUT2D eigenvalue weighted by atomic mass is 10.1. The third-order valence-corrected chi connectivity index (χ3v) is 5.77. The number of anilines is 1. The predicted molar refractivity (Wildman–Crippen MR) is 119 cm³/mol. The van der Waals surface area contributed by atoms with Crippen molar-refractivity contribution in [3.8, 4) is 11.4 Å². The zero-order valence-electron chi connectivity index (χ0n) is 16.1. The molecule has 0 aliphatic heterocycles. The Kier molecular flexibility index (Phi) is 6.86. The lowest BCUT2D eigenvalue weighted by Crippen LogP contribution is -2.35. The minimum absolute atomic E-state index is 0.0795. The summed E-state index contributed by atoms with van der Waals surface area (Å²) in [6.45, 7) is 3.83. The number of urea groups is 1. The fourth-order valence-corrected chi connectivity index (χ4v) is 3.71. The molecule has 30 heavy (non-hydrogen) atoms. The van der Waals surface area contributed by atoms with E-state index in [9.17, 15) is 9.59 Å². The van der Waals surface area contributed by atoms with Crippen LogP contribution in [0.25, 0.3) is 11.4 Å². The maximum absolute atomic E-state index is 12.1. The second-order valence-electron chi connectivity index (χ2n) is 6.34. The zero-order chi connectivity index (χ0) is 21.8. The van der Waals surface area contributed by atoms with Crippen molar-refractivity contribution in [3.05, 3.63) is 57.6 Å². The van der Waals surface area contributed by atoms with E-state index in [4.69, 9.17) is 29.0 Å². The number of aromatic nitrogens is 3. The van der Waals surface area contributed by atoms with Gasteiger partial charge in [0.1, 0.15) is 0 Å². The summed E-state index contributed by atoms with van der Waals surface area (Å²) in [5, 5.41) is 14.1. The molecule has 2 aromatic carbocycles. The van der Waals surface area contributed by atoms with Gasteiger partial charge in [-0.05, 0) is 49.2 Å². The van der Waals surface area contributed by atoms with Gasteiger partial charge in [-0.1, -0.05) is 47.1 Å². The standard InChI is InChI=1S/C19H18Cl2N6O2S/c1-10-4-3-5-15(11(10)2)23-18(29)24-16(28)9-30-19-26-25-17(27(19)22)13-7-6-12(20)8-14(13)21/h3-8H,9,22H2,1-2H3,(H2,23,24,28,29). The van der Waals surface area contributed by atoms with Crippen LogP contribution in [0.2, 0.25) is 10.0 Å². The summed E-state index contributed by atoms with van der Waals surface area (Å²) in [5.41, 5.74) is 3.16. The molecule has 0 unspecified atom stereocenters. The number of aryl methyl sites for hydroxylation is 1. The number of nitrogens with one attached hydrogen (secondary N) is 2. The van der Waals surface area contributed by atoms with E-state index in [1.54, 1.807) is 24.3 Å². The normalized spacial score (nSPS) is 10.7. The van der Waals surface area contributed by atoms with Crippen LogP contribution in [0.3, 0.4) is 0 Å². The second-order valence-corrected chi connectivity index (χ2v) is 8.12. The average molecular weight is 465 g/mol. The first-order valence-corrected chi connectivity index (χ1v) is 10.5. The number of nitrogen functional groups attached to an aromatic ring is 1. The maximum atomic E-state index is 12.1. The number of nitrogens with two attached hydrogens (primary N) is 1. The Morgan fingerprint density at radius 3 is 2.67 bits per heavy atom. The predicted octanol–water partition coefficient (Wildman–Crippen LogP) is 4.02. The van der Waals surface area contributed by atoms with Crippen molar-refractivity contribution in [2.75, 3.05) is 16.9 Å². The van der Waals surface area contributed by atoms with E-state index in [1.807, 2.05) is 26.0 Å². The summed E-state index contributed by atoms with van der Waals surface area (Å²) in [7, 11) is 0. The molecule has 3 amide bonds. The van der Waals surface area contributed by atoms with Crippen molar-refractivity contribution in [2.45, 2.75) is 19.0 Å². The van der Waals surface area contributed by atoms with Crippen molar-refractivity contribution in [2.24, 2.45) is 0 Å². The number of carbonyl (C=O) groups is 2. The summed E-state index contributed by atoms with van der Waals surface area (Å²) in [5.74, 6) is 5.77. The third kappa shape index (κ3) is 5.05. The van der Waals surface area contributed by atoms with Gasteiger partial charge >= 0.3 is 6.03 Å². The Bertz CT molecular complexity index is 1120.